The largest absolute Gasteiger partial charge is 0.472 e. The number of phosphoric ester groups is 1. The van der Waals surface area contributed by atoms with E-state index in [0.29, 0.717) is 12.8 Å². The highest BCUT2D eigenvalue weighted by atomic mass is 31.2. The van der Waals surface area contributed by atoms with Gasteiger partial charge in [0.25, 0.3) is 0 Å². The summed E-state index contributed by atoms with van der Waals surface area (Å²) in [6.07, 6.45) is 133. The first-order chi connectivity index (χ1) is 49.8. The van der Waals surface area contributed by atoms with Gasteiger partial charge in [-0.15, -0.1) is 0 Å². The minimum absolute atomic E-state index is 0.0342. The molecule has 9 nitrogen and oxygen atoms in total. The van der Waals surface area contributed by atoms with E-state index in [1.54, 1.807) is 0 Å². The Morgan fingerprint density at radius 1 is 0.297 bits per heavy atom. The molecule has 0 heterocycles. The SMILES string of the molecule is CC/C=C\C/C=C\C/C=C\C/C=C\C/C=C\C/C=C\C/C=C\C/C=C\C/C=C\C/C=C\C/C=C\CCCCCCCCCC(=O)OC(COC(=O)CCCCCCC/C=C\C/C=C\C/C=C\C/C=C\C/C=C\C/C=C\C/C=C\C/C=C\C/C=C\C/C=C\C/C=C\CC)COP(=O)(O)OCCN. The molecule has 0 fully saturated rings. The van der Waals surface area contributed by atoms with Crippen LogP contribution < -0.4 is 5.73 Å². The number of rotatable bonds is 69. The van der Waals surface area contributed by atoms with Crippen LogP contribution in [-0.2, 0) is 32.7 Å². The van der Waals surface area contributed by atoms with Gasteiger partial charge >= 0.3 is 19.8 Å². The second-order valence-electron chi connectivity index (χ2n) is 24.4. The first-order valence-corrected chi connectivity index (χ1v) is 40.3. The van der Waals surface area contributed by atoms with Crippen LogP contribution in [0.15, 0.2) is 267 Å². The smallest absolute Gasteiger partial charge is 0.462 e. The fraction of sp³-hybridized carbons (Fsp3) is 0.495. The number of unbranched alkanes of at least 4 members (excludes halogenated alkanes) is 12. The number of allylic oxidation sites excluding steroid dienone is 44. The van der Waals surface area contributed by atoms with Crippen LogP contribution in [0.25, 0.3) is 0 Å². The van der Waals surface area contributed by atoms with Crippen LogP contribution in [0.2, 0.25) is 0 Å². The molecule has 101 heavy (non-hydrogen) atoms. The maximum atomic E-state index is 12.8. The minimum atomic E-state index is -4.43. The molecule has 0 aromatic heterocycles. The Morgan fingerprint density at radius 2 is 0.515 bits per heavy atom. The maximum absolute atomic E-state index is 12.8. The number of esters is 2. The van der Waals surface area contributed by atoms with Crippen molar-refractivity contribution in [2.75, 3.05) is 26.4 Å². The molecule has 0 aliphatic carbocycles. The fourth-order valence-corrected chi connectivity index (χ4v) is 10.2. The van der Waals surface area contributed by atoms with Crippen LogP contribution >= 0.6 is 7.82 Å². The van der Waals surface area contributed by atoms with E-state index in [4.69, 9.17) is 24.3 Å². The molecule has 10 heteroatoms. The van der Waals surface area contributed by atoms with Gasteiger partial charge in [0.15, 0.2) is 6.10 Å². The average molecular weight is 1410 g/mol. The summed E-state index contributed by atoms with van der Waals surface area (Å²) in [5.41, 5.74) is 5.41. The van der Waals surface area contributed by atoms with Crippen molar-refractivity contribution in [2.45, 2.75) is 264 Å². The van der Waals surface area contributed by atoms with Gasteiger partial charge in [0, 0.05) is 19.4 Å². The number of hydrogen-bond acceptors (Lipinski definition) is 8. The van der Waals surface area contributed by atoms with Gasteiger partial charge in [0.05, 0.1) is 13.2 Å². The molecule has 0 bridgehead atoms. The second kappa shape index (κ2) is 82.2. The van der Waals surface area contributed by atoms with Gasteiger partial charge in [0.1, 0.15) is 6.61 Å². The molecule has 2 unspecified atom stereocenters. The Balaban J connectivity index is 4.05. The highest BCUT2D eigenvalue weighted by Gasteiger charge is 2.26. The predicted octanol–water partition coefficient (Wildman–Crippen LogP) is 26.6. The van der Waals surface area contributed by atoms with Crippen LogP contribution in [-0.4, -0.2) is 49.3 Å². The molecule has 0 amide bonds. The first-order valence-electron chi connectivity index (χ1n) is 38.8. The topological polar surface area (TPSA) is 134 Å². The third-order valence-corrected chi connectivity index (χ3v) is 16.1. The highest BCUT2D eigenvalue weighted by molar-refractivity contribution is 7.47. The van der Waals surface area contributed by atoms with Gasteiger partial charge in [-0.1, -0.05) is 333 Å². The quantitative estimate of drug-likeness (QED) is 0.0264. The van der Waals surface area contributed by atoms with Crippen molar-refractivity contribution in [3.05, 3.63) is 267 Å². The van der Waals surface area contributed by atoms with E-state index in [-0.39, 0.29) is 32.6 Å². The van der Waals surface area contributed by atoms with Crippen LogP contribution in [0.3, 0.4) is 0 Å². The van der Waals surface area contributed by atoms with Crippen LogP contribution in [0.1, 0.15) is 258 Å². The molecule has 560 valence electrons. The van der Waals surface area contributed by atoms with Crippen molar-refractivity contribution in [1.29, 1.82) is 0 Å². The molecular weight excluding hydrogens is 1270 g/mol. The number of nitrogens with two attached hydrogens (primary N) is 1. The lowest BCUT2D eigenvalue weighted by atomic mass is 10.1. The lowest BCUT2D eigenvalue weighted by Crippen LogP contribution is -2.29. The van der Waals surface area contributed by atoms with Crippen molar-refractivity contribution >= 4 is 19.8 Å². The van der Waals surface area contributed by atoms with Gasteiger partial charge in [-0.25, -0.2) is 4.57 Å². The number of hydrogen-bond donors (Lipinski definition) is 2. The molecule has 0 rings (SSSR count). The fourth-order valence-electron chi connectivity index (χ4n) is 9.47. The van der Waals surface area contributed by atoms with E-state index in [1.165, 1.54) is 6.42 Å². The van der Waals surface area contributed by atoms with E-state index in [0.717, 1.165) is 212 Å². The zero-order valence-corrected chi connectivity index (χ0v) is 63.9. The van der Waals surface area contributed by atoms with E-state index in [9.17, 15) is 19.0 Å². The number of carbonyl (C=O) groups excluding carboxylic acids is 2. The molecule has 0 saturated heterocycles. The molecule has 0 aliphatic rings. The second-order valence-corrected chi connectivity index (χ2v) is 25.9. The summed E-state index contributed by atoms with van der Waals surface area (Å²) in [5, 5.41) is 0. The van der Waals surface area contributed by atoms with Crippen LogP contribution in [0.4, 0.5) is 0 Å². The maximum Gasteiger partial charge on any atom is 0.472 e. The molecule has 0 spiro atoms. The highest BCUT2D eigenvalue weighted by Crippen LogP contribution is 2.43. The molecule has 0 aromatic rings. The minimum Gasteiger partial charge on any atom is -0.462 e. The lowest BCUT2D eigenvalue weighted by molar-refractivity contribution is -0.161. The summed E-state index contributed by atoms with van der Waals surface area (Å²) in [7, 11) is -4.43. The summed E-state index contributed by atoms with van der Waals surface area (Å²) in [5.74, 6) is -0.883. The molecular formula is C91H138NO8P. The van der Waals surface area contributed by atoms with Crippen molar-refractivity contribution in [1.82, 2.24) is 0 Å². The normalized spacial score (nSPS) is 14.4. The van der Waals surface area contributed by atoms with E-state index >= 15 is 0 Å². The zero-order chi connectivity index (χ0) is 72.9. The zero-order valence-electron chi connectivity index (χ0n) is 63.0. The van der Waals surface area contributed by atoms with Gasteiger partial charge in [0.2, 0.25) is 0 Å². The van der Waals surface area contributed by atoms with Crippen molar-refractivity contribution in [3.63, 3.8) is 0 Å². The lowest BCUT2D eigenvalue weighted by Gasteiger charge is -2.19. The Morgan fingerprint density at radius 3 is 0.762 bits per heavy atom. The Hall–Kier alpha value is -6.71. The summed E-state index contributed by atoms with van der Waals surface area (Å²) in [6.45, 7) is 3.45. The van der Waals surface area contributed by atoms with E-state index in [2.05, 4.69) is 281 Å². The van der Waals surface area contributed by atoms with Crippen LogP contribution in [0, 0.1) is 0 Å². The van der Waals surface area contributed by atoms with Crippen molar-refractivity contribution < 1.29 is 37.6 Å². The first kappa shape index (κ1) is 94.3. The van der Waals surface area contributed by atoms with Crippen molar-refractivity contribution in [2.24, 2.45) is 5.73 Å². The molecule has 0 aromatic carbocycles. The summed E-state index contributed by atoms with van der Waals surface area (Å²) in [4.78, 5) is 35.4. The molecule has 0 saturated carbocycles. The molecule has 2 atom stereocenters. The standard InChI is InChI=1S/C91H138NO8P/c1-3-5-7-9-11-13-15-17-19-21-23-25-27-29-31-33-35-37-39-41-43-44-46-48-50-52-54-56-58-60-62-64-66-68-70-72-74-76-78-80-82-84-91(94)100-89(88-99-101(95,96)98-86-85-92)87-97-90(93)83-81-79-77-75-73-71-69-67-65-63-61-59-57-55-53-51-49-47-45-42-40-38-36-34-32-30-28-26-24-22-20-18-16-14-12-10-8-6-4-2/h5-8,11-14,17-20,23-26,29-32,35-38,41-43,45-46,48-49,51-52,54-55,57-58,60-61,63-64,66-67,69,89H,3-4,9-10,15-16,21-22,27-28,33-34,39-40,44,47,50,53,56,59,62,65,68,70-88,92H2,1-2H3,(H,95,96)/b7-5-,8-6-,13-11-,14-12-,19-17-,20-18-,25-23-,26-24-,31-29-,32-30-,37-35-,38-36-,43-41-,45-42-,48-46-,51-49-,54-52-,57-55-,60-58-,63-61-,66-64-,69-67-. The van der Waals surface area contributed by atoms with E-state index in [1.807, 2.05) is 0 Å². The van der Waals surface area contributed by atoms with Crippen molar-refractivity contribution in [3.8, 4) is 0 Å². The Labute approximate surface area is 617 Å². The Bertz CT molecular complexity index is 2670. The monoisotopic (exact) mass is 1400 g/mol. The summed E-state index contributed by atoms with van der Waals surface area (Å²) < 4.78 is 33.2. The number of ether oxygens (including phenoxy) is 2. The average Bonchev–Trinajstić information content (AvgIpc) is 1.04. The summed E-state index contributed by atoms with van der Waals surface area (Å²) >= 11 is 0. The third kappa shape index (κ3) is 82.1. The Kier molecular flexibility index (Phi) is 76.8. The van der Waals surface area contributed by atoms with Gasteiger partial charge in [-0.05, 0) is 180 Å². The van der Waals surface area contributed by atoms with Gasteiger partial charge < -0.3 is 20.1 Å². The molecule has 0 radical (unpaired) electrons. The summed E-state index contributed by atoms with van der Waals surface area (Å²) in [6, 6.07) is 0. The van der Waals surface area contributed by atoms with Crippen LogP contribution in [0.5, 0.6) is 0 Å². The van der Waals surface area contributed by atoms with Gasteiger partial charge in [-0.2, -0.15) is 0 Å². The third-order valence-electron chi connectivity index (χ3n) is 15.1. The molecule has 3 N–H and O–H groups in total. The molecule has 0 aliphatic heterocycles. The predicted molar refractivity (Wildman–Crippen MR) is 439 cm³/mol. The van der Waals surface area contributed by atoms with Gasteiger partial charge in [-0.3, -0.25) is 18.6 Å². The van der Waals surface area contributed by atoms with E-state index < -0.39 is 32.5 Å². The number of carbonyl (C=O) groups is 2. The number of phosphoric acid groups is 1.